The van der Waals surface area contributed by atoms with Crippen molar-refractivity contribution in [3.63, 3.8) is 0 Å². The summed E-state index contributed by atoms with van der Waals surface area (Å²) in [4.78, 5) is 18.5. The van der Waals surface area contributed by atoms with E-state index >= 15 is 0 Å². The van der Waals surface area contributed by atoms with Gasteiger partial charge in [-0.25, -0.2) is 4.98 Å². The molecule has 4 aromatic rings. The van der Waals surface area contributed by atoms with Crippen molar-refractivity contribution < 1.29 is 14.3 Å². The Morgan fingerprint density at radius 2 is 1.90 bits per heavy atom. The molecular weight excluding hydrogens is 445 g/mol. The molecule has 3 N–H and O–H groups in total. The first-order chi connectivity index (χ1) is 14.5. The van der Waals surface area contributed by atoms with Crippen molar-refractivity contribution in [2.75, 3.05) is 17.8 Å². The highest BCUT2D eigenvalue weighted by Gasteiger charge is 2.20. The maximum atomic E-state index is 12.8. The Labute approximate surface area is 185 Å². The number of fused-ring (bicyclic) bond motifs is 2. The van der Waals surface area contributed by atoms with E-state index in [2.05, 4.69) is 10.3 Å². The van der Waals surface area contributed by atoms with Crippen molar-refractivity contribution in [2.45, 2.75) is 0 Å². The predicted molar refractivity (Wildman–Crippen MR) is 120 cm³/mol. The highest BCUT2D eigenvalue weighted by molar-refractivity contribution is 7.21. The van der Waals surface area contributed by atoms with E-state index in [0.717, 1.165) is 11.3 Å². The van der Waals surface area contributed by atoms with E-state index in [4.69, 9.17) is 38.4 Å². The zero-order valence-electron chi connectivity index (χ0n) is 15.2. The number of nitrogens with one attached hydrogen (secondary N) is 1. The Morgan fingerprint density at radius 1 is 1.07 bits per heavy atom. The van der Waals surface area contributed by atoms with Gasteiger partial charge in [-0.2, -0.15) is 0 Å². The third-order valence-corrected chi connectivity index (χ3v) is 6.32. The summed E-state index contributed by atoms with van der Waals surface area (Å²) in [5, 5.41) is 4.33. The summed E-state index contributed by atoms with van der Waals surface area (Å²) in [7, 11) is 0. The second-order valence-electron chi connectivity index (χ2n) is 6.54. The lowest BCUT2D eigenvalue weighted by atomic mass is 10.1. The van der Waals surface area contributed by atoms with Crippen LogP contribution in [0.4, 0.5) is 11.4 Å². The fourth-order valence-electron chi connectivity index (χ4n) is 3.15. The number of benzene rings is 2. The molecule has 0 unspecified atom stereocenters. The van der Waals surface area contributed by atoms with Crippen molar-refractivity contribution in [2.24, 2.45) is 0 Å². The number of anilines is 2. The number of halogens is 2. The van der Waals surface area contributed by atoms with Crippen LogP contribution in [0.1, 0.15) is 9.67 Å². The monoisotopic (exact) mass is 457 g/mol. The van der Waals surface area contributed by atoms with Gasteiger partial charge >= 0.3 is 0 Å². The molecule has 9 heteroatoms. The number of hydrogen-bond donors (Lipinski definition) is 2. The number of nitrogens with two attached hydrogens (primary N) is 1. The number of carbonyl (C=O) groups excluding carboxylic acids is 1. The first kappa shape index (κ1) is 19.0. The van der Waals surface area contributed by atoms with E-state index in [-0.39, 0.29) is 12.7 Å². The normalized spacial score (nSPS) is 12.3. The number of thiophene rings is 1. The predicted octanol–water partition coefficient (Wildman–Crippen LogP) is 5.83. The lowest BCUT2D eigenvalue weighted by Crippen LogP contribution is -2.12. The highest BCUT2D eigenvalue weighted by atomic mass is 35.5. The van der Waals surface area contributed by atoms with Gasteiger partial charge in [-0.1, -0.05) is 23.2 Å². The minimum atomic E-state index is -0.371. The number of nitrogens with zero attached hydrogens (tertiary/aromatic N) is 1. The van der Waals surface area contributed by atoms with Gasteiger partial charge in [0.15, 0.2) is 11.5 Å². The Bertz CT molecular complexity index is 1320. The molecule has 1 aliphatic heterocycles. The minimum Gasteiger partial charge on any atom is -0.454 e. The molecule has 0 aliphatic carbocycles. The number of nitrogen functional groups attached to an aromatic ring is 1. The molecule has 30 heavy (non-hydrogen) atoms. The average Bonchev–Trinajstić information content (AvgIpc) is 3.34. The molecule has 6 nitrogen and oxygen atoms in total. The lowest BCUT2D eigenvalue weighted by molar-refractivity contribution is 0.103. The Balaban J connectivity index is 1.49. The Morgan fingerprint density at radius 3 is 2.77 bits per heavy atom. The fourth-order valence-corrected chi connectivity index (χ4v) is 4.48. The number of aromatic nitrogens is 1. The van der Waals surface area contributed by atoms with E-state index < -0.39 is 0 Å². The van der Waals surface area contributed by atoms with E-state index in [1.54, 1.807) is 18.2 Å². The fraction of sp³-hybridized carbons (Fsp3) is 0.0476. The summed E-state index contributed by atoms with van der Waals surface area (Å²) in [6.45, 7) is 0.210. The molecule has 2 aromatic heterocycles. The summed E-state index contributed by atoms with van der Waals surface area (Å²) in [6, 6.07) is 14.2. The van der Waals surface area contributed by atoms with Gasteiger partial charge in [-0.05, 0) is 48.5 Å². The van der Waals surface area contributed by atoms with Crippen molar-refractivity contribution in [3.05, 3.63) is 63.5 Å². The summed E-state index contributed by atoms with van der Waals surface area (Å²) in [5.74, 6) is 1.02. The molecule has 0 atom stereocenters. The molecule has 0 radical (unpaired) electrons. The third-order valence-electron chi connectivity index (χ3n) is 4.64. The van der Waals surface area contributed by atoms with Crippen LogP contribution in [-0.4, -0.2) is 17.7 Å². The second-order valence-corrected chi connectivity index (χ2v) is 8.38. The molecule has 0 saturated carbocycles. The molecule has 3 heterocycles. The number of carbonyl (C=O) groups is 1. The van der Waals surface area contributed by atoms with Crippen molar-refractivity contribution in [3.8, 4) is 22.8 Å². The van der Waals surface area contributed by atoms with E-state index in [0.29, 0.717) is 48.0 Å². The smallest absolute Gasteiger partial charge is 0.267 e. The van der Waals surface area contributed by atoms with Gasteiger partial charge < -0.3 is 20.5 Å². The zero-order chi connectivity index (χ0) is 20.8. The average molecular weight is 458 g/mol. The van der Waals surface area contributed by atoms with Gasteiger partial charge in [0.25, 0.3) is 5.91 Å². The number of rotatable bonds is 3. The standard InChI is InChI=1S/C21H13Cl2N3O3S/c22-11-2-4-13(23)15(8-11)25-20(27)19-18(24)12-3-5-14(26-21(12)30-19)10-1-6-16-17(7-10)29-9-28-16/h1-8H,9,24H2,(H,25,27). The van der Waals surface area contributed by atoms with Gasteiger partial charge in [-0.3, -0.25) is 4.79 Å². The van der Waals surface area contributed by atoms with Gasteiger partial charge in [-0.15, -0.1) is 11.3 Å². The molecule has 1 amide bonds. The second kappa shape index (κ2) is 7.36. The SMILES string of the molecule is Nc1c(C(=O)Nc2cc(Cl)ccc2Cl)sc2nc(-c3ccc4c(c3)OCO4)ccc12. The number of pyridine rings is 1. The lowest BCUT2D eigenvalue weighted by Gasteiger charge is -2.07. The summed E-state index contributed by atoms with van der Waals surface area (Å²) >= 11 is 13.4. The van der Waals surface area contributed by atoms with Crippen molar-refractivity contribution >= 4 is 62.0 Å². The Hall–Kier alpha value is -3.00. The van der Waals surface area contributed by atoms with Crippen molar-refractivity contribution in [1.29, 1.82) is 0 Å². The largest absolute Gasteiger partial charge is 0.454 e. The molecule has 150 valence electrons. The van der Waals surface area contributed by atoms with E-state index in [1.807, 2.05) is 30.3 Å². The van der Waals surface area contributed by atoms with Crippen LogP contribution < -0.4 is 20.5 Å². The highest BCUT2D eigenvalue weighted by Crippen LogP contribution is 2.38. The van der Waals surface area contributed by atoms with Gasteiger partial charge in [0.2, 0.25) is 6.79 Å². The van der Waals surface area contributed by atoms with Crippen LogP contribution in [0.3, 0.4) is 0 Å². The maximum absolute atomic E-state index is 12.8. The van der Waals surface area contributed by atoms with Crippen LogP contribution >= 0.6 is 34.5 Å². The number of amides is 1. The minimum absolute atomic E-state index is 0.210. The molecule has 1 aliphatic rings. The van der Waals surface area contributed by atoms with Crippen LogP contribution in [0.25, 0.3) is 21.5 Å². The number of hydrogen-bond acceptors (Lipinski definition) is 6. The van der Waals surface area contributed by atoms with Crippen LogP contribution in [0.5, 0.6) is 11.5 Å². The Kier molecular flexibility index (Phi) is 4.66. The van der Waals surface area contributed by atoms with E-state index in [9.17, 15) is 4.79 Å². The summed E-state index contributed by atoms with van der Waals surface area (Å²) in [5.41, 5.74) is 8.65. The summed E-state index contributed by atoms with van der Waals surface area (Å²) < 4.78 is 10.8. The van der Waals surface area contributed by atoms with Crippen LogP contribution in [0, 0.1) is 0 Å². The van der Waals surface area contributed by atoms with Crippen molar-refractivity contribution in [1.82, 2.24) is 4.98 Å². The molecule has 0 saturated heterocycles. The van der Waals surface area contributed by atoms with Gasteiger partial charge in [0.1, 0.15) is 9.71 Å². The quantitative estimate of drug-likeness (QED) is 0.403. The van der Waals surface area contributed by atoms with E-state index in [1.165, 1.54) is 11.3 Å². The van der Waals surface area contributed by atoms with Crippen LogP contribution in [0.2, 0.25) is 10.0 Å². The zero-order valence-corrected chi connectivity index (χ0v) is 17.6. The topological polar surface area (TPSA) is 86.5 Å². The molecular formula is C21H13Cl2N3O3S. The first-order valence-electron chi connectivity index (χ1n) is 8.85. The molecule has 0 spiro atoms. The number of ether oxygens (including phenoxy) is 2. The summed E-state index contributed by atoms with van der Waals surface area (Å²) in [6.07, 6.45) is 0. The molecule has 2 aromatic carbocycles. The van der Waals surface area contributed by atoms with Gasteiger partial charge in [0, 0.05) is 16.0 Å². The van der Waals surface area contributed by atoms with Gasteiger partial charge in [0.05, 0.1) is 22.1 Å². The maximum Gasteiger partial charge on any atom is 0.267 e. The molecule has 5 rings (SSSR count). The first-order valence-corrected chi connectivity index (χ1v) is 10.4. The third kappa shape index (κ3) is 3.31. The van der Waals surface area contributed by atoms with Crippen LogP contribution in [0.15, 0.2) is 48.5 Å². The van der Waals surface area contributed by atoms with Crippen LogP contribution in [-0.2, 0) is 0 Å². The molecule has 0 fully saturated rings. The molecule has 0 bridgehead atoms.